The maximum absolute atomic E-state index is 12.7. The Morgan fingerprint density at radius 2 is 2.30 bits per heavy atom. The lowest BCUT2D eigenvalue weighted by atomic mass is 10.0. The topological polar surface area (TPSA) is 61.6 Å². The molecular formula is C16H22N4O2S. The third-order valence-electron chi connectivity index (χ3n) is 4.10. The zero-order valence-electron chi connectivity index (χ0n) is 13.7. The number of nitrogens with zero attached hydrogens (tertiary/aromatic N) is 4. The number of likely N-dealkylation sites (tertiary alicyclic amines) is 1. The number of β-amino-alcohol motifs (C(OH)–C–C–N with tert-alkyl or cyclic N) is 1. The molecule has 2 aromatic heterocycles. The summed E-state index contributed by atoms with van der Waals surface area (Å²) in [6, 6.07) is 5.83. The number of rotatable bonds is 4. The molecule has 2 aromatic rings. The summed E-state index contributed by atoms with van der Waals surface area (Å²) in [5, 5.41) is 16.9. The quantitative estimate of drug-likeness (QED) is 0.915. The van der Waals surface area contributed by atoms with Crippen LogP contribution >= 0.6 is 11.3 Å². The van der Waals surface area contributed by atoms with Gasteiger partial charge in [-0.2, -0.15) is 5.10 Å². The van der Waals surface area contributed by atoms with Crippen molar-refractivity contribution in [1.82, 2.24) is 19.6 Å². The maximum Gasteiger partial charge on any atom is 0.274 e. The molecule has 1 unspecified atom stereocenters. The van der Waals surface area contributed by atoms with Gasteiger partial charge < -0.3 is 14.9 Å². The summed E-state index contributed by atoms with van der Waals surface area (Å²) in [6.07, 6.45) is 0.599. The Hall–Kier alpha value is -1.70. The molecule has 1 N–H and O–H groups in total. The highest BCUT2D eigenvalue weighted by Crippen LogP contribution is 2.27. The van der Waals surface area contributed by atoms with E-state index in [4.69, 9.17) is 0 Å². The van der Waals surface area contributed by atoms with E-state index in [1.165, 1.54) is 0 Å². The number of aromatic nitrogens is 2. The maximum atomic E-state index is 12.7. The van der Waals surface area contributed by atoms with Gasteiger partial charge in [-0.15, -0.1) is 11.3 Å². The van der Waals surface area contributed by atoms with Gasteiger partial charge in [0.05, 0.1) is 22.7 Å². The van der Waals surface area contributed by atoms with Gasteiger partial charge in [0.2, 0.25) is 0 Å². The molecular weight excluding hydrogens is 312 g/mol. The van der Waals surface area contributed by atoms with Crippen molar-refractivity contribution in [2.75, 3.05) is 33.7 Å². The molecule has 0 aliphatic carbocycles. The Morgan fingerprint density at radius 1 is 1.52 bits per heavy atom. The van der Waals surface area contributed by atoms with Crippen molar-refractivity contribution in [2.24, 2.45) is 7.05 Å². The second-order valence-corrected chi connectivity index (χ2v) is 7.40. The highest BCUT2D eigenvalue weighted by atomic mass is 32.1. The van der Waals surface area contributed by atoms with E-state index >= 15 is 0 Å². The van der Waals surface area contributed by atoms with Gasteiger partial charge in [0.15, 0.2) is 5.69 Å². The lowest BCUT2D eigenvalue weighted by Crippen LogP contribution is -2.43. The van der Waals surface area contributed by atoms with Gasteiger partial charge in [0.25, 0.3) is 5.91 Å². The summed E-state index contributed by atoms with van der Waals surface area (Å²) < 4.78 is 1.74. The molecule has 1 aliphatic rings. The second-order valence-electron chi connectivity index (χ2n) is 6.45. The van der Waals surface area contributed by atoms with Gasteiger partial charge in [-0.05, 0) is 38.0 Å². The van der Waals surface area contributed by atoms with Crippen molar-refractivity contribution in [3.63, 3.8) is 0 Å². The normalized spacial score (nSPS) is 21.3. The van der Waals surface area contributed by atoms with Crippen LogP contribution in [0.5, 0.6) is 0 Å². The van der Waals surface area contributed by atoms with Crippen LogP contribution in [0.15, 0.2) is 23.6 Å². The molecule has 0 spiro atoms. The van der Waals surface area contributed by atoms with E-state index in [9.17, 15) is 9.90 Å². The van der Waals surface area contributed by atoms with Crippen molar-refractivity contribution >= 4 is 17.2 Å². The van der Waals surface area contributed by atoms with Crippen molar-refractivity contribution in [2.45, 2.75) is 12.0 Å². The van der Waals surface area contributed by atoms with Gasteiger partial charge in [-0.3, -0.25) is 9.48 Å². The van der Waals surface area contributed by atoms with Gasteiger partial charge in [0.1, 0.15) is 0 Å². The van der Waals surface area contributed by atoms with E-state index in [0.717, 1.165) is 10.6 Å². The molecule has 124 valence electrons. The van der Waals surface area contributed by atoms with Crippen LogP contribution in [0.1, 0.15) is 16.9 Å². The summed E-state index contributed by atoms with van der Waals surface area (Å²) in [5.41, 5.74) is 0.543. The lowest BCUT2D eigenvalue weighted by Gasteiger charge is -2.26. The molecule has 1 aliphatic heterocycles. The fourth-order valence-corrected chi connectivity index (χ4v) is 3.91. The summed E-state index contributed by atoms with van der Waals surface area (Å²) in [6.45, 7) is 1.47. The minimum atomic E-state index is -0.829. The van der Waals surface area contributed by atoms with Gasteiger partial charge in [-0.25, -0.2) is 0 Å². The van der Waals surface area contributed by atoms with Gasteiger partial charge in [-0.1, -0.05) is 6.07 Å². The number of likely N-dealkylation sites (N-methyl/N-ethyl adjacent to an activating group) is 1. The molecule has 3 heterocycles. The van der Waals surface area contributed by atoms with Crippen LogP contribution < -0.4 is 0 Å². The summed E-state index contributed by atoms with van der Waals surface area (Å²) in [7, 11) is 5.70. The Bertz CT molecular complexity index is 695. The van der Waals surface area contributed by atoms with Crippen LogP contribution in [0.3, 0.4) is 0 Å². The predicted molar refractivity (Wildman–Crippen MR) is 90.5 cm³/mol. The number of amides is 1. The first kappa shape index (κ1) is 16.2. The molecule has 1 amide bonds. The standard InChI is InChI=1S/C16H22N4O2S/c1-18(2)10-16(22)6-7-20(11-16)15(21)12-9-13(19(3)17-12)14-5-4-8-23-14/h4-5,8-9,22H,6-7,10-11H2,1-3H3. The van der Waals surface area contributed by atoms with Crippen LogP contribution in [0, 0.1) is 0 Å². The van der Waals surface area contributed by atoms with Crippen LogP contribution in [0.2, 0.25) is 0 Å². The average molecular weight is 334 g/mol. The molecule has 0 bridgehead atoms. The Balaban J connectivity index is 1.76. The first-order valence-electron chi connectivity index (χ1n) is 7.62. The lowest BCUT2D eigenvalue weighted by molar-refractivity contribution is 0.0235. The molecule has 0 radical (unpaired) electrons. The fraction of sp³-hybridized carbons (Fsp3) is 0.500. The second kappa shape index (κ2) is 6.07. The first-order valence-corrected chi connectivity index (χ1v) is 8.50. The third kappa shape index (κ3) is 3.31. The summed E-state index contributed by atoms with van der Waals surface area (Å²) in [5.74, 6) is -0.113. The molecule has 1 saturated heterocycles. The number of aliphatic hydroxyl groups is 1. The van der Waals surface area contributed by atoms with Gasteiger partial charge >= 0.3 is 0 Å². The SMILES string of the molecule is CN(C)CC1(O)CCN(C(=O)c2cc(-c3cccs3)n(C)n2)C1. The fourth-order valence-electron chi connectivity index (χ4n) is 3.14. The highest BCUT2D eigenvalue weighted by Gasteiger charge is 2.39. The Kier molecular flexibility index (Phi) is 4.27. The number of thiophene rings is 1. The molecule has 3 rings (SSSR count). The number of carbonyl (C=O) groups is 1. The molecule has 7 heteroatoms. The van der Waals surface area contributed by atoms with E-state index in [-0.39, 0.29) is 5.91 Å². The molecule has 1 atom stereocenters. The van der Waals surface area contributed by atoms with Crippen molar-refractivity contribution in [1.29, 1.82) is 0 Å². The minimum Gasteiger partial charge on any atom is -0.387 e. The zero-order valence-corrected chi connectivity index (χ0v) is 14.5. The Morgan fingerprint density at radius 3 is 2.96 bits per heavy atom. The number of aryl methyl sites for hydroxylation is 1. The van der Waals surface area contributed by atoms with E-state index in [1.54, 1.807) is 20.9 Å². The summed E-state index contributed by atoms with van der Waals surface area (Å²) in [4.78, 5) is 17.4. The van der Waals surface area contributed by atoms with Crippen molar-refractivity contribution in [3.05, 3.63) is 29.3 Å². The van der Waals surface area contributed by atoms with Crippen molar-refractivity contribution < 1.29 is 9.90 Å². The molecule has 23 heavy (non-hydrogen) atoms. The molecule has 0 saturated carbocycles. The number of carbonyl (C=O) groups excluding carboxylic acids is 1. The molecule has 6 nitrogen and oxygen atoms in total. The van der Waals surface area contributed by atoms with E-state index in [0.29, 0.717) is 31.7 Å². The average Bonchev–Trinajstić information content (AvgIpc) is 3.16. The zero-order chi connectivity index (χ0) is 16.6. The predicted octanol–water partition coefficient (Wildman–Crippen LogP) is 1.29. The smallest absolute Gasteiger partial charge is 0.274 e. The number of hydrogen-bond donors (Lipinski definition) is 1. The van der Waals surface area contributed by atoms with Crippen LogP contribution in [-0.2, 0) is 7.05 Å². The molecule has 1 fully saturated rings. The number of hydrogen-bond acceptors (Lipinski definition) is 5. The van der Waals surface area contributed by atoms with Crippen molar-refractivity contribution in [3.8, 4) is 10.6 Å². The molecule has 0 aromatic carbocycles. The van der Waals surface area contributed by atoms with E-state index in [1.807, 2.05) is 49.6 Å². The third-order valence-corrected chi connectivity index (χ3v) is 4.99. The summed E-state index contributed by atoms with van der Waals surface area (Å²) >= 11 is 1.62. The van der Waals surface area contributed by atoms with Crippen LogP contribution in [0.4, 0.5) is 0 Å². The van der Waals surface area contributed by atoms with Crippen LogP contribution in [-0.4, -0.2) is 69.9 Å². The largest absolute Gasteiger partial charge is 0.387 e. The first-order chi connectivity index (χ1) is 10.9. The van der Waals surface area contributed by atoms with E-state index in [2.05, 4.69) is 5.10 Å². The van der Waals surface area contributed by atoms with E-state index < -0.39 is 5.60 Å². The monoisotopic (exact) mass is 334 g/mol. The Labute approximate surface area is 139 Å². The van der Waals surface area contributed by atoms with Crippen LogP contribution in [0.25, 0.3) is 10.6 Å². The van der Waals surface area contributed by atoms with Gasteiger partial charge in [0, 0.05) is 20.1 Å². The minimum absolute atomic E-state index is 0.113. The highest BCUT2D eigenvalue weighted by molar-refractivity contribution is 7.13.